The summed E-state index contributed by atoms with van der Waals surface area (Å²) >= 11 is 3.57. The largest absolute Gasteiger partial charge is 0.294 e. The zero-order valence-electron chi connectivity index (χ0n) is 12.5. The zero-order valence-corrected chi connectivity index (χ0v) is 14.1. The van der Waals surface area contributed by atoms with E-state index in [9.17, 15) is 0 Å². The minimum Gasteiger partial charge on any atom is -0.294 e. The van der Waals surface area contributed by atoms with Gasteiger partial charge in [0.2, 0.25) is 0 Å². The van der Waals surface area contributed by atoms with Crippen molar-refractivity contribution in [3.8, 4) is 0 Å². The van der Waals surface area contributed by atoms with E-state index in [-0.39, 0.29) is 0 Å². The lowest BCUT2D eigenvalue weighted by Gasteiger charge is -2.28. The van der Waals surface area contributed by atoms with Gasteiger partial charge in [-0.15, -0.1) is 0 Å². The van der Waals surface area contributed by atoms with Crippen LogP contribution in [0.15, 0.2) is 41.0 Å². The maximum atomic E-state index is 4.56. The van der Waals surface area contributed by atoms with Crippen molar-refractivity contribution in [1.82, 2.24) is 9.88 Å². The number of pyridine rings is 1. The Kier molecular flexibility index (Phi) is 4.71. The second-order valence-electron chi connectivity index (χ2n) is 5.78. The van der Waals surface area contributed by atoms with Crippen molar-refractivity contribution >= 4 is 15.9 Å². The molecule has 0 radical (unpaired) electrons. The molecule has 2 nitrogen and oxygen atoms in total. The summed E-state index contributed by atoms with van der Waals surface area (Å²) < 4.78 is 1.17. The molecule has 0 atom stereocenters. The molecule has 1 aromatic carbocycles. The average molecular weight is 345 g/mol. The monoisotopic (exact) mass is 344 g/mol. The Morgan fingerprint density at radius 3 is 2.86 bits per heavy atom. The average Bonchev–Trinajstić information content (AvgIpc) is 2.49. The molecule has 0 fully saturated rings. The Hall–Kier alpha value is -1.19. The van der Waals surface area contributed by atoms with Crippen molar-refractivity contribution in [2.75, 3.05) is 6.54 Å². The summed E-state index contributed by atoms with van der Waals surface area (Å²) in [4.78, 5) is 7.06. The molecule has 110 valence electrons. The van der Waals surface area contributed by atoms with Crippen molar-refractivity contribution in [1.29, 1.82) is 0 Å². The lowest BCUT2D eigenvalue weighted by atomic mass is 9.99. The summed E-state index contributed by atoms with van der Waals surface area (Å²) in [7, 11) is 0. The summed E-state index contributed by atoms with van der Waals surface area (Å²) in [6, 6.07) is 11.1. The zero-order chi connectivity index (χ0) is 14.7. The van der Waals surface area contributed by atoms with Crippen molar-refractivity contribution in [2.24, 2.45) is 0 Å². The number of fused-ring (bicyclic) bond motifs is 1. The third-order valence-corrected chi connectivity index (χ3v) is 4.55. The maximum Gasteiger partial charge on any atom is 0.0403 e. The Labute approximate surface area is 135 Å². The summed E-state index contributed by atoms with van der Waals surface area (Å²) in [5, 5.41) is 0. The molecule has 21 heavy (non-hydrogen) atoms. The molecule has 0 spiro atoms. The number of rotatable bonds is 4. The molecule has 2 heterocycles. The van der Waals surface area contributed by atoms with E-state index in [1.54, 1.807) is 0 Å². The van der Waals surface area contributed by atoms with Crippen LogP contribution >= 0.6 is 15.9 Å². The van der Waals surface area contributed by atoms with Gasteiger partial charge in [-0.05, 0) is 47.7 Å². The van der Waals surface area contributed by atoms with Gasteiger partial charge >= 0.3 is 0 Å². The predicted octanol–water partition coefficient (Wildman–Crippen LogP) is 4.35. The van der Waals surface area contributed by atoms with Gasteiger partial charge in [-0.1, -0.05) is 41.4 Å². The first-order chi connectivity index (χ1) is 10.2. The number of hydrogen-bond acceptors (Lipinski definition) is 2. The quantitative estimate of drug-likeness (QED) is 0.819. The molecular formula is C18H21BrN2. The number of aromatic nitrogens is 1. The molecule has 0 N–H and O–H groups in total. The first-order valence-electron chi connectivity index (χ1n) is 7.68. The van der Waals surface area contributed by atoms with Crippen molar-refractivity contribution < 1.29 is 0 Å². The minimum atomic E-state index is 0.991. The highest BCUT2D eigenvalue weighted by atomic mass is 79.9. The summed E-state index contributed by atoms with van der Waals surface area (Å²) in [6.07, 6.45) is 5.42. The fourth-order valence-electron chi connectivity index (χ4n) is 2.93. The van der Waals surface area contributed by atoms with Gasteiger partial charge in [0.15, 0.2) is 0 Å². The van der Waals surface area contributed by atoms with Crippen LogP contribution in [0.2, 0.25) is 0 Å². The molecule has 0 aliphatic carbocycles. The van der Waals surface area contributed by atoms with Crippen LogP contribution < -0.4 is 0 Å². The second-order valence-corrected chi connectivity index (χ2v) is 6.70. The van der Waals surface area contributed by atoms with Crippen LogP contribution in [0, 0.1) is 0 Å². The number of benzene rings is 1. The molecule has 0 amide bonds. The summed E-state index contributed by atoms with van der Waals surface area (Å²) in [5.74, 6) is 0. The van der Waals surface area contributed by atoms with Crippen LogP contribution in [0.25, 0.3) is 0 Å². The van der Waals surface area contributed by atoms with Gasteiger partial charge in [0.05, 0.1) is 0 Å². The topological polar surface area (TPSA) is 16.1 Å². The van der Waals surface area contributed by atoms with Crippen LogP contribution in [0.4, 0.5) is 0 Å². The third kappa shape index (κ3) is 3.72. The van der Waals surface area contributed by atoms with Gasteiger partial charge < -0.3 is 0 Å². The molecule has 3 heteroatoms. The molecule has 0 saturated carbocycles. The van der Waals surface area contributed by atoms with Crippen molar-refractivity contribution in [3.63, 3.8) is 0 Å². The van der Waals surface area contributed by atoms with E-state index in [1.165, 1.54) is 26.9 Å². The third-order valence-electron chi connectivity index (χ3n) is 4.06. The molecule has 2 aromatic rings. The molecule has 1 aliphatic rings. The Balaban J connectivity index is 1.66. The fourth-order valence-corrected chi connectivity index (χ4v) is 3.34. The van der Waals surface area contributed by atoms with Gasteiger partial charge in [0.25, 0.3) is 0 Å². The molecular weight excluding hydrogens is 324 g/mol. The van der Waals surface area contributed by atoms with E-state index in [1.807, 2.05) is 6.20 Å². The highest BCUT2D eigenvalue weighted by Gasteiger charge is 2.16. The second kappa shape index (κ2) is 6.71. The first-order valence-corrected chi connectivity index (χ1v) is 8.47. The molecule has 0 saturated heterocycles. The van der Waals surface area contributed by atoms with E-state index in [4.69, 9.17) is 0 Å². The molecule has 1 aliphatic heterocycles. The highest BCUT2D eigenvalue weighted by molar-refractivity contribution is 9.10. The van der Waals surface area contributed by atoms with Crippen LogP contribution in [0.1, 0.15) is 35.7 Å². The van der Waals surface area contributed by atoms with E-state index in [2.05, 4.69) is 63.1 Å². The number of aryl methyl sites for hydroxylation is 1. The van der Waals surface area contributed by atoms with E-state index >= 15 is 0 Å². The number of hydrogen-bond donors (Lipinski definition) is 0. The van der Waals surface area contributed by atoms with E-state index < -0.39 is 0 Å². The highest BCUT2D eigenvalue weighted by Crippen LogP contribution is 2.23. The first kappa shape index (κ1) is 14.7. The SMILES string of the molecule is CCCc1ccc(CN2CCc3ccc(Br)cc3C2)cn1. The Morgan fingerprint density at radius 1 is 1.19 bits per heavy atom. The van der Waals surface area contributed by atoms with E-state index in [0.717, 1.165) is 38.9 Å². The maximum absolute atomic E-state index is 4.56. The van der Waals surface area contributed by atoms with Gasteiger partial charge in [0.1, 0.15) is 0 Å². The van der Waals surface area contributed by atoms with Gasteiger partial charge in [0, 0.05) is 36.0 Å². The fraction of sp³-hybridized carbons (Fsp3) is 0.389. The Morgan fingerprint density at radius 2 is 2.10 bits per heavy atom. The lowest BCUT2D eigenvalue weighted by molar-refractivity contribution is 0.245. The summed E-state index contributed by atoms with van der Waals surface area (Å²) in [5.41, 5.74) is 5.46. The number of nitrogens with zero attached hydrogens (tertiary/aromatic N) is 2. The van der Waals surface area contributed by atoms with Crippen LogP contribution in [-0.4, -0.2) is 16.4 Å². The van der Waals surface area contributed by atoms with Crippen LogP contribution in [0.3, 0.4) is 0 Å². The smallest absolute Gasteiger partial charge is 0.0403 e. The van der Waals surface area contributed by atoms with Gasteiger partial charge in [-0.3, -0.25) is 9.88 Å². The standard InChI is InChI=1S/C18H21BrN2/c1-2-3-18-7-4-14(11-20-18)12-21-9-8-15-5-6-17(19)10-16(15)13-21/h4-7,10-11H,2-3,8-9,12-13H2,1H3. The predicted molar refractivity (Wildman–Crippen MR) is 90.2 cm³/mol. The molecule has 0 bridgehead atoms. The number of halogens is 1. The van der Waals surface area contributed by atoms with Gasteiger partial charge in [-0.2, -0.15) is 0 Å². The molecule has 0 unspecified atom stereocenters. The minimum absolute atomic E-state index is 0.991. The lowest BCUT2D eigenvalue weighted by Crippen LogP contribution is -2.30. The van der Waals surface area contributed by atoms with E-state index in [0.29, 0.717) is 0 Å². The van der Waals surface area contributed by atoms with Gasteiger partial charge in [-0.25, -0.2) is 0 Å². The Bertz CT molecular complexity index is 607. The molecule has 1 aromatic heterocycles. The normalized spacial score (nSPS) is 15.0. The van der Waals surface area contributed by atoms with Crippen LogP contribution in [-0.2, 0) is 25.9 Å². The van der Waals surface area contributed by atoms with Crippen molar-refractivity contribution in [2.45, 2.75) is 39.3 Å². The summed E-state index contributed by atoms with van der Waals surface area (Å²) in [6.45, 7) is 5.35. The van der Waals surface area contributed by atoms with Crippen molar-refractivity contribution in [3.05, 3.63) is 63.4 Å². The van der Waals surface area contributed by atoms with Crippen LogP contribution in [0.5, 0.6) is 0 Å². The molecule has 3 rings (SSSR count).